The summed E-state index contributed by atoms with van der Waals surface area (Å²) in [5.41, 5.74) is 13.4. The smallest absolute Gasteiger partial charge is 0.204 e. The lowest BCUT2D eigenvalue weighted by atomic mass is 9.97. The molecule has 3 aliphatic rings. The molecular weight excluding hydrogens is 504 g/mol. The van der Waals surface area contributed by atoms with Crippen LogP contribution < -0.4 is 16.1 Å². The van der Waals surface area contributed by atoms with Gasteiger partial charge in [-0.1, -0.05) is 37.1 Å². The monoisotopic (exact) mass is 536 g/mol. The number of hydrogen-bond donors (Lipinski definition) is 2. The quantitative estimate of drug-likeness (QED) is 0.273. The van der Waals surface area contributed by atoms with Crippen LogP contribution in [0.3, 0.4) is 0 Å². The Balaban J connectivity index is 1.24. The van der Waals surface area contributed by atoms with E-state index in [-0.39, 0.29) is 5.43 Å². The van der Waals surface area contributed by atoms with E-state index in [1.807, 2.05) is 41.8 Å². The van der Waals surface area contributed by atoms with E-state index in [2.05, 4.69) is 9.88 Å². The third-order valence-electron chi connectivity index (χ3n) is 8.70. The lowest BCUT2D eigenvalue weighted by Gasteiger charge is -2.28. The van der Waals surface area contributed by atoms with Crippen molar-refractivity contribution in [3.05, 3.63) is 86.7 Å². The van der Waals surface area contributed by atoms with E-state index in [4.69, 9.17) is 15.6 Å². The van der Waals surface area contributed by atoms with Gasteiger partial charge in [0.2, 0.25) is 5.43 Å². The molecule has 4 heterocycles. The van der Waals surface area contributed by atoms with Gasteiger partial charge in [0.1, 0.15) is 4.70 Å². The molecule has 1 aromatic carbocycles. The molecule has 2 bridgehead atoms. The van der Waals surface area contributed by atoms with Crippen molar-refractivity contribution < 1.29 is 4.42 Å². The van der Waals surface area contributed by atoms with E-state index in [1.54, 1.807) is 12.3 Å². The molecule has 198 valence electrons. The number of pyridine rings is 1. The summed E-state index contributed by atoms with van der Waals surface area (Å²) in [6, 6.07) is 13.3. The Morgan fingerprint density at radius 1 is 1.03 bits per heavy atom. The van der Waals surface area contributed by atoms with Crippen LogP contribution in [0.5, 0.6) is 0 Å². The topological polar surface area (TPSA) is 96.2 Å². The van der Waals surface area contributed by atoms with Crippen molar-refractivity contribution in [3.63, 3.8) is 0 Å². The first-order valence-electron chi connectivity index (χ1n) is 14.0. The molecule has 4 aromatic rings. The number of anilines is 1. The molecule has 7 heteroatoms. The van der Waals surface area contributed by atoms with E-state index >= 15 is 0 Å². The second-order valence-electron chi connectivity index (χ2n) is 11.2. The van der Waals surface area contributed by atoms with Gasteiger partial charge >= 0.3 is 0 Å². The molecule has 0 radical (unpaired) electrons. The Morgan fingerprint density at radius 3 is 2.51 bits per heavy atom. The van der Waals surface area contributed by atoms with Crippen LogP contribution in [0, 0.1) is 17.2 Å². The number of fused-ring (bicyclic) bond motifs is 3. The van der Waals surface area contributed by atoms with Gasteiger partial charge in [-0.25, -0.2) is 0 Å². The zero-order chi connectivity index (χ0) is 26.5. The van der Waals surface area contributed by atoms with Gasteiger partial charge in [-0.2, -0.15) is 0 Å². The molecule has 1 aliphatic heterocycles. The van der Waals surface area contributed by atoms with Crippen molar-refractivity contribution in [1.82, 2.24) is 4.98 Å². The molecule has 0 amide bonds. The van der Waals surface area contributed by atoms with E-state index in [0.29, 0.717) is 27.6 Å². The number of aromatic nitrogens is 1. The number of benzene rings is 1. The van der Waals surface area contributed by atoms with Crippen molar-refractivity contribution in [2.24, 2.45) is 17.6 Å². The summed E-state index contributed by atoms with van der Waals surface area (Å²) in [5.74, 6) is 2.28. The van der Waals surface area contributed by atoms with Crippen molar-refractivity contribution in [2.45, 2.75) is 44.9 Å². The maximum absolute atomic E-state index is 13.2. The summed E-state index contributed by atoms with van der Waals surface area (Å²) in [6.45, 7) is 1.86. The number of nitrogens with two attached hydrogens (primary N) is 1. The maximum Gasteiger partial charge on any atom is 0.204 e. The van der Waals surface area contributed by atoms with Crippen molar-refractivity contribution >= 4 is 38.9 Å². The van der Waals surface area contributed by atoms with Gasteiger partial charge in [-0.15, -0.1) is 11.3 Å². The highest BCUT2D eigenvalue weighted by Crippen LogP contribution is 2.39. The molecule has 0 spiro atoms. The number of hydrogen-bond acceptors (Lipinski definition) is 7. The summed E-state index contributed by atoms with van der Waals surface area (Å²) in [6.07, 6.45) is 10.1. The number of allylic oxidation sites excluding steroid dienone is 1. The Hall–Kier alpha value is -3.71. The Kier molecular flexibility index (Phi) is 6.11. The van der Waals surface area contributed by atoms with Gasteiger partial charge in [-0.05, 0) is 67.2 Å². The van der Waals surface area contributed by atoms with Crippen LogP contribution in [0.1, 0.15) is 61.8 Å². The second-order valence-corrected chi connectivity index (χ2v) is 12.1. The Bertz CT molecular complexity index is 1660. The normalized spacial score (nSPS) is 20.6. The minimum atomic E-state index is 0.00655. The fourth-order valence-electron chi connectivity index (χ4n) is 6.33. The van der Waals surface area contributed by atoms with Gasteiger partial charge in [0, 0.05) is 53.1 Å². The second kappa shape index (κ2) is 9.79. The predicted molar refractivity (Wildman–Crippen MR) is 159 cm³/mol. The summed E-state index contributed by atoms with van der Waals surface area (Å²) < 4.78 is 7.13. The maximum atomic E-state index is 13.2. The molecule has 3 fully saturated rings. The van der Waals surface area contributed by atoms with Crippen LogP contribution in [0.4, 0.5) is 5.88 Å². The summed E-state index contributed by atoms with van der Waals surface area (Å²) in [7, 11) is 0. The molecule has 7 rings (SSSR count). The van der Waals surface area contributed by atoms with Crippen molar-refractivity contribution in [1.29, 1.82) is 5.41 Å². The van der Waals surface area contributed by atoms with Gasteiger partial charge < -0.3 is 15.1 Å². The summed E-state index contributed by atoms with van der Waals surface area (Å²) in [5, 5.41) is 11.0. The molecule has 2 unspecified atom stereocenters. The van der Waals surface area contributed by atoms with Crippen LogP contribution in [0.15, 0.2) is 68.8 Å². The molecule has 1 saturated heterocycles. The van der Waals surface area contributed by atoms with Crippen LogP contribution >= 0.6 is 11.3 Å². The largest absolute Gasteiger partial charge is 0.439 e. The highest BCUT2D eigenvalue weighted by atomic mass is 32.1. The van der Waals surface area contributed by atoms with E-state index < -0.39 is 0 Å². The summed E-state index contributed by atoms with van der Waals surface area (Å²) in [4.78, 5) is 20.0. The minimum absolute atomic E-state index is 0.00655. The molecule has 2 saturated carbocycles. The third-order valence-corrected chi connectivity index (χ3v) is 9.68. The minimum Gasteiger partial charge on any atom is -0.439 e. The average Bonchev–Trinajstić information content (AvgIpc) is 3.52. The Labute approximate surface area is 231 Å². The van der Waals surface area contributed by atoms with E-state index in [1.165, 1.54) is 36.2 Å². The van der Waals surface area contributed by atoms with Crippen LogP contribution in [0.2, 0.25) is 0 Å². The molecule has 2 atom stereocenters. The van der Waals surface area contributed by atoms with E-state index in [0.717, 1.165) is 78.6 Å². The fourth-order valence-corrected chi connectivity index (χ4v) is 7.24. The standard InChI is InChI=1S/C32H32N4O2S/c33-29(21-7-8-21)23-3-1-2-4-24(23)30(34)26-16-22(9-12-35-26)25-18-39-32-27(37)17-28(38-31(25)32)36-13-10-19-5-6-20(15-19)11-14-36/h1-4,9,12,16-20,34H,5-8,10-11,13-15,33H2. The van der Waals surface area contributed by atoms with Gasteiger partial charge in [0.15, 0.2) is 11.5 Å². The lowest BCUT2D eigenvalue weighted by molar-refractivity contribution is 0.407. The SMILES string of the molecule is N=C(c1cc(-c2csc3c(=O)cc(N4CCC5CCC(CC4)C5)oc23)ccn1)c1ccccc1C(N)=C1CC1. The number of thiophene rings is 1. The third kappa shape index (κ3) is 4.59. The van der Waals surface area contributed by atoms with Crippen LogP contribution in [0.25, 0.3) is 27.1 Å². The first-order valence-corrected chi connectivity index (χ1v) is 14.9. The molecular formula is C32H32N4O2S. The fraction of sp³-hybridized carbons (Fsp3) is 0.344. The zero-order valence-corrected chi connectivity index (χ0v) is 22.7. The number of nitrogens with zero attached hydrogens (tertiary/aromatic N) is 2. The van der Waals surface area contributed by atoms with Gasteiger partial charge in [-0.3, -0.25) is 15.2 Å². The van der Waals surface area contributed by atoms with Crippen LogP contribution in [-0.4, -0.2) is 23.8 Å². The molecule has 6 nitrogen and oxygen atoms in total. The zero-order valence-electron chi connectivity index (χ0n) is 21.9. The lowest BCUT2D eigenvalue weighted by Crippen LogP contribution is -2.30. The van der Waals surface area contributed by atoms with Crippen molar-refractivity contribution in [2.75, 3.05) is 18.0 Å². The molecule has 2 aliphatic carbocycles. The highest BCUT2D eigenvalue weighted by Gasteiger charge is 2.29. The summed E-state index contributed by atoms with van der Waals surface area (Å²) >= 11 is 1.41. The molecule has 39 heavy (non-hydrogen) atoms. The van der Waals surface area contributed by atoms with Crippen LogP contribution in [-0.2, 0) is 0 Å². The molecule has 3 aromatic heterocycles. The Morgan fingerprint density at radius 2 is 1.77 bits per heavy atom. The van der Waals surface area contributed by atoms with Gasteiger partial charge in [0.05, 0.1) is 11.4 Å². The van der Waals surface area contributed by atoms with E-state index in [9.17, 15) is 4.79 Å². The molecule has 3 N–H and O–H groups in total. The first-order chi connectivity index (χ1) is 19.0. The highest BCUT2D eigenvalue weighted by molar-refractivity contribution is 7.17. The van der Waals surface area contributed by atoms with Gasteiger partial charge in [0.25, 0.3) is 0 Å². The van der Waals surface area contributed by atoms with Crippen molar-refractivity contribution in [3.8, 4) is 11.1 Å². The predicted octanol–water partition coefficient (Wildman–Crippen LogP) is 6.81. The number of rotatable bonds is 5. The number of nitrogens with one attached hydrogen (secondary N) is 1. The first kappa shape index (κ1) is 24.3. The average molecular weight is 537 g/mol.